The van der Waals surface area contributed by atoms with Crippen molar-refractivity contribution in [3.05, 3.63) is 0 Å². The summed E-state index contributed by atoms with van der Waals surface area (Å²) in [6, 6.07) is 0. The second-order valence-corrected chi connectivity index (χ2v) is 5.66. The number of hydrogen-bond acceptors (Lipinski definition) is 2. The van der Waals surface area contributed by atoms with E-state index in [4.69, 9.17) is 0 Å². The van der Waals surface area contributed by atoms with Crippen molar-refractivity contribution in [3.63, 3.8) is 0 Å². The van der Waals surface area contributed by atoms with Gasteiger partial charge in [-0.15, -0.1) is 0 Å². The fourth-order valence-corrected chi connectivity index (χ4v) is 2.17. The minimum absolute atomic E-state index is 0.122. The third-order valence-corrected chi connectivity index (χ3v) is 3.19. The molecule has 1 N–H and O–H groups in total. The van der Waals surface area contributed by atoms with E-state index in [1.54, 1.807) is 0 Å². The van der Waals surface area contributed by atoms with Crippen LogP contribution in [0.5, 0.6) is 0 Å². The van der Waals surface area contributed by atoms with Gasteiger partial charge in [0.2, 0.25) is 10.0 Å². The molecular formula is C8H15F2NO2S. The number of halogens is 2. The van der Waals surface area contributed by atoms with Gasteiger partial charge in [-0.1, -0.05) is 6.42 Å². The first-order valence-corrected chi connectivity index (χ1v) is 6.53. The molecule has 84 valence electrons. The average Bonchev–Trinajstić information content (AvgIpc) is 2.00. The molecule has 1 aliphatic carbocycles. The first-order valence-electron chi connectivity index (χ1n) is 4.64. The van der Waals surface area contributed by atoms with Crippen LogP contribution in [-0.4, -0.2) is 27.1 Å². The molecule has 0 spiro atoms. The van der Waals surface area contributed by atoms with E-state index in [-0.39, 0.29) is 13.0 Å². The number of hydrogen-bond donors (Lipinski definition) is 1. The van der Waals surface area contributed by atoms with Gasteiger partial charge in [-0.3, -0.25) is 0 Å². The summed E-state index contributed by atoms with van der Waals surface area (Å²) in [5.41, 5.74) is 0. The smallest absolute Gasteiger partial charge is 0.215 e. The first-order chi connectivity index (χ1) is 6.31. The highest BCUT2D eigenvalue weighted by Gasteiger charge is 2.41. The Balaban J connectivity index is 2.50. The van der Waals surface area contributed by atoms with Gasteiger partial charge in [-0.05, 0) is 12.8 Å². The number of alkyl halides is 2. The summed E-state index contributed by atoms with van der Waals surface area (Å²) >= 11 is 0. The highest BCUT2D eigenvalue weighted by atomic mass is 32.2. The van der Waals surface area contributed by atoms with Crippen LogP contribution >= 0.6 is 0 Å². The SMILES string of the molecule is CS(=O)(=O)NC[C@H]1CCCCC1(F)F. The zero-order valence-corrected chi connectivity index (χ0v) is 8.91. The molecule has 6 heteroatoms. The van der Waals surface area contributed by atoms with Crippen molar-refractivity contribution < 1.29 is 17.2 Å². The van der Waals surface area contributed by atoms with Crippen molar-refractivity contribution in [2.75, 3.05) is 12.8 Å². The van der Waals surface area contributed by atoms with Gasteiger partial charge in [0, 0.05) is 18.9 Å². The molecule has 1 fully saturated rings. The largest absolute Gasteiger partial charge is 0.252 e. The van der Waals surface area contributed by atoms with E-state index in [9.17, 15) is 17.2 Å². The molecule has 0 radical (unpaired) electrons. The maximum atomic E-state index is 13.2. The molecule has 0 amide bonds. The fourth-order valence-electron chi connectivity index (χ4n) is 1.67. The standard InChI is InChI=1S/C8H15F2NO2S/c1-14(12,13)11-6-7-4-2-3-5-8(7,9)10/h7,11H,2-6H2,1H3/t7-/m1/s1. The fraction of sp³-hybridized carbons (Fsp3) is 1.00. The third-order valence-electron chi connectivity index (χ3n) is 2.50. The minimum atomic E-state index is -3.36. The molecule has 3 nitrogen and oxygen atoms in total. The van der Waals surface area contributed by atoms with E-state index in [0.29, 0.717) is 12.8 Å². The van der Waals surface area contributed by atoms with Crippen molar-refractivity contribution >= 4 is 10.0 Å². The Morgan fingerprint density at radius 2 is 2.07 bits per heavy atom. The summed E-state index contributed by atoms with van der Waals surface area (Å²) in [6.45, 7) is -0.147. The number of nitrogens with one attached hydrogen (secondary N) is 1. The van der Waals surface area contributed by atoms with Gasteiger partial charge in [-0.2, -0.15) is 0 Å². The van der Waals surface area contributed by atoms with E-state index in [2.05, 4.69) is 4.72 Å². The van der Waals surface area contributed by atoms with Crippen molar-refractivity contribution in [2.24, 2.45) is 5.92 Å². The lowest BCUT2D eigenvalue weighted by atomic mass is 9.86. The molecule has 0 unspecified atom stereocenters. The molecule has 0 aromatic heterocycles. The molecule has 0 aromatic carbocycles. The summed E-state index contributed by atoms with van der Waals surface area (Å²) in [4.78, 5) is 0. The maximum absolute atomic E-state index is 13.2. The average molecular weight is 227 g/mol. The van der Waals surface area contributed by atoms with Crippen LogP contribution in [0.3, 0.4) is 0 Å². The van der Waals surface area contributed by atoms with E-state index in [1.165, 1.54) is 0 Å². The predicted octanol–water partition coefficient (Wildman–Crippen LogP) is 1.36. The summed E-state index contributed by atoms with van der Waals surface area (Å²) in [5, 5.41) is 0. The topological polar surface area (TPSA) is 46.2 Å². The van der Waals surface area contributed by atoms with Gasteiger partial charge in [0.25, 0.3) is 5.92 Å². The van der Waals surface area contributed by atoms with Crippen LogP contribution in [0.4, 0.5) is 8.78 Å². The Kier molecular flexibility index (Phi) is 3.47. The predicted molar refractivity (Wildman–Crippen MR) is 49.8 cm³/mol. The number of rotatable bonds is 3. The van der Waals surface area contributed by atoms with Gasteiger partial charge in [0.1, 0.15) is 0 Å². The van der Waals surface area contributed by atoms with Crippen LogP contribution in [0, 0.1) is 5.92 Å². The Hall–Kier alpha value is -0.230. The number of sulfonamides is 1. The maximum Gasteiger partial charge on any atom is 0.252 e. The van der Waals surface area contributed by atoms with E-state index in [0.717, 1.165) is 12.7 Å². The Morgan fingerprint density at radius 1 is 1.43 bits per heavy atom. The quantitative estimate of drug-likeness (QED) is 0.791. The molecular weight excluding hydrogens is 212 g/mol. The van der Waals surface area contributed by atoms with Gasteiger partial charge >= 0.3 is 0 Å². The van der Waals surface area contributed by atoms with E-state index in [1.807, 2.05) is 0 Å². The zero-order valence-electron chi connectivity index (χ0n) is 8.09. The van der Waals surface area contributed by atoms with Crippen molar-refractivity contribution in [2.45, 2.75) is 31.6 Å². The minimum Gasteiger partial charge on any atom is -0.215 e. The van der Waals surface area contributed by atoms with Crippen molar-refractivity contribution in [1.82, 2.24) is 4.72 Å². The molecule has 0 aliphatic heterocycles. The molecule has 0 bridgehead atoms. The first kappa shape index (κ1) is 11.8. The van der Waals surface area contributed by atoms with Crippen LogP contribution < -0.4 is 4.72 Å². The normalized spacial score (nSPS) is 27.5. The van der Waals surface area contributed by atoms with Crippen molar-refractivity contribution in [3.8, 4) is 0 Å². The van der Waals surface area contributed by atoms with Crippen LogP contribution in [0.1, 0.15) is 25.7 Å². The van der Waals surface area contributed by atoms with E-state index >= 15 is 0 Å². The Morgan fingerprint density at radius 3 is 2.57 bits per heavy atom. The van der Waals surface area contributed by atoms with Crippen molar-refractivity contribution in [1.29, 1.82) is 0 Å². The highest BCUT2D eigenvalue weighted by molar-refractivity contribution is 7.88. The van der Waals surface area contributed by atoms with Gasteiger partial charge in [-0.25, -0.2) is 21.9 Å². The molecule has 14 heavy (non-hydrogen) atoms. The Bertz CT molecular complexity index is 290. The summed E-state index contributed by atoms with van der Waals surface area (Å²) < 4.78 is 50.0. The Labute approximate surface area is 82.9 Å². The zero-order chi connectivity index (χ0) is 10.8. The molecule has 1 atom stereocenters. The van der Waals surface area contributed by atoms with Gasteiger partial charge < -0.3 is 0 Å². The van der Waals surface area contributed by atoms with Crippen LogP contribution in [0.25, 0.3) is 0 Å². The van der Waals surface area contributed by atoms with Gasteiger partial charge in [0.05, 0.1) is 6.26 Å². The molecule has 0 heterocycles. The van der Waals surface area contributed by atoms with Crippen LogP contribution in [0.15, 0.2) is 0 Å². The van der Waals surface area contributed by atoms with Crippen LogP contribution in [-0.2, 0) is 10.0 Å². The van der Waals surface area contributed by atoms with E-state index < -0.39 is 21.9 Å². The summed E-state index contributed by atoms with van der Waals surface area (Å²) in [5.74, 6) is -3.55. The third kappa shape index (κ3) is 3.49. The lowest BCUT2D eigenvalue weighted by Crippen LogP contribution is -2.40. The molecule has 1 aliphatic rings. The monoisotopic (exact) mass is 227 g/mol. The van der Waals surface area contributed by atoms with Crippen LogP contribution in [0.2, 0.25) is 0 Å². The molecule has 0 saturated heterocycles. The summed E-state index contributed by atoms with van der Waals surface area (Å²) in [6.07, 6.45) is 2.54. The molecule has 0 aromatic rings. The lowest BCUT2D eigenvalue weighted by Gasteiger charge is -2.31. The second-order valence-electron chi connectivity index (χ2n) is 3.82. The summed E-state index contributed by atoms with van der Waals surface area (Å²) in [7, 11) is -3.36. The lowest BCUT2D eigenvalue weighted by molar-refractivity contribution is -0.0827. The molecule has 1 saturated carbocycles. The van der Waals surface area contributed by atoms with Gasteiger partial charge in [0.15, 0.2) is 0 Å². The second kappa shape index (κ2) is 4.10. The molecule has 1 rings (SSSR count). The highest BCUT2D eigenvalue weighted by Crippen LogP contribution is 2.37.